The Bertz CT molecular complexity index is 1260. The molecule has 162 valence electrons. The molecule has 0 aliphatic heterocycles. The average molecular weight is 443 g/mol. The first-order chi connectivity index (χ1) is 15.5. The molecular weight excluding hydrogens is 416 g/mol. The highest BCUT2D eigenvalue weighted by Gasteiger charge is 2.23. The van der Waals surface area contributed by atoms with E-state index in [9.17, 15) is 9.00 Å². The van der Waals surface area contributed by atoms with E-state index in [4.69, 9.17) is 4.98 Å². The van der Waals surface area contributed by atoms with Crippen LogP contribution in [0.25, 0.3) is 22.2 Å². The second-order valence-corrected chi connectivity index (χ2v) is 9.38. The molecule has 1 heterocycles. The number of para-hydroxylation sites is 1. The highest BCUT2D eigenvalue weighted by Crippen LogP contribution is 2.31. The summed E-state index contributed by atoms with van der Waals surface area (Å²) in [6.07, 6.45) is 2.20. The number of nitrogens with one attached hydrogen (secondary N) is 1. The minimum absolute atomic E-state index is 0.144. The Hall–Kier alpha value is -3.31. The van der Waals surface area contributed by atoms with Crippen molar-refractivity contribution in [2.24, 2.45) is 0 Å². The van der Waals surface area contributed by atoms with Crippen LogP contribution in [0.2, 0.25) is 0 Å². The molecule has 4 nitrogen and oxygen atoms in total. The zero-order valence-corrected chi connectivity index (χ0v) is 19.1. The van der Waals surface area contributed by atoms with Crippen LogP contribution in [0.4, 0.5) is 0 Å². The number of carbonyl (C=O) groups excluding carboxylic acids is 1. The molecule has 0 bridgehead atoms. The van der Waals surface area contributed by atoms with Gasteiger partial charge in [0, 0.05) is 33.8 Å². The largest absolute Gasteiger partial charge is 0.345 e. The maximum absolute atomic E-state index is 13.7. The third-order valence-corrected chi connectivity index (χ3v) is 6.33. The van der Waals surface area contributed by atoms with Gasteiger partial charge in [0.05, 0.1) is 22.8 Å². The fourth-order valence-corrected chi connectivity index (χ4v) is 4.42. The first kappa shape index (κ1) is 21.9. The van der Waals surface area contributed by atoms with Gasteiger partial charge in [-0.05, 0) is 30.5 Å². The molecule has 4 aromatic rings. The second kappa shape index (κ2) is 9.88. The molecule has 2 unspecified atom stereocenters. The van der Waals surface area contributed by atoms with Crippen molar-refractivity contribution in [2.75, 3.05) is 12.0 Å². The van der Waals surface area contributed by atoms with Crippen LogP contribution in [0.1, 0.15) is 34.5 Å². The van der Waals surface area contributed by atoms with Gasteiger partial charge >= 0.3 is 0 Å². The number of hydrogen-bond donors (Lipinski definition) is 1. The minimum atomic E-state index is -0.986. The van der Waals surface area contributed by atoms with Gasteiger partial charge in [-0.2, -0.15) is 0 Å². The molecule has 3 aromatic carbocycles. The molecule has 1 N–H and O–H groups in total. The van der Waals surface area contributed by atoms with Gasteiger partial charge in [0.25, 0.3) is 5.91 Å². The van der Waals surface area contributed by atoms with Crippen molar-refractivity contribution in [2.45, 2.75) is 19.4 Å². The van der Waals surface area contributed by atoms with Gasteiger partial charge in [0.2, 0.25) is 0 Å². The molecule has 2 atom stereocenters. The van der Waals surface area contributed by atoms with Crippen molar-refractivity contribution in [1.82, 2.24) is 10.3 Å². The van der Waals surface area contributed by atoms with E-state index in [2.05, 4.69) is 5.32 Å². The van der Waals surface area contributed by atoms with E-state index < -0.39 is 10.8 Å². The molecule has 0 saturated carbocycles. The van der Waals surface area contributed by atoms with E-state index in [0.717, 1.165) is 33.3 Å². The molecule has 0 aliphatic carbocycles. The van der Waals surface area contributed by atoms with Crippen LogP contribution in [0.5, 0.6) is 0 Å². The minimum Gasteiger partial charge on any atom is -0.345 e. The molecule has 1 amide bonds. The van der Waals surface area contributed by atoms with Crippen LogP contribution in [0, 0.1) is 0 Å². The summed E-state index contributed by atoms with van der Waals surface area (Å²) < 4.78 is 12.0. The number of pyridine rings is 1. The maximum atomic E-state index is 13.7. The number of nitrogens with zero attached hydrogens (tertiary/aromatic N) is 1. The van der Waals surface area contributed by atoms with Crippen LogP contribution in [0.3, 0.4) is 0 Å². The Morgan fingerprint density at radius 2 is 1.56 bits per heavy atom. The quantitative estimate of drug-likeness (QED) is 0.422. The Morgan fingerprint density at radius 3 is 2.25 bits per heavy atom. The summed E-state index contributed by atoms with van der Waals surface area (Å²) in [4.78, 5) is 18.6. The van der Waals surface area contributed by atoms with Crippen LogP contribution >= 0.6 is 0 Å². The zero-order chi connectivity index (χ0) is 22.5. The van der Waals surface area contributed by atoms with Crippen molar-refractivity contribution in [3.63, 3.8) is 0 Å². The molecule has 0 aliphatic rings. The Kier molecular flexibility index (Phi) is 6.76. The maximum Gasteiger partial charge on any atom is 0.252 e. The summed E-state index contributed by atoms with van der Waals surface area (Å²) in [6, 6.07) is 27.4. The SMILES string of the molecule is CC(NC(=O)c1c(CCS(C)=O)c(-c2ccccc2)nc2ccccc12)c1ccccc1. The Balaban J connectivity index is 1.87. The summed E-state index contributed by atoms with van der Waals surface area (Å²) >= 11 is 0. The first-order valence-electron chi connectivity index (χ1n) is 10.7. The van der Waals surface area contributed by atoms with E-state index in [1.54, 1.807) is 6.26 Å². The van der Waals surface area contributed by atoms with Crippen LogP contribution < -0.4 is 5.32 Å². The van der Waals surface area contributed by atoms with Crippen LogP contribution in [-0.2, 0) is 17.2 Å². The topological polar surface area (TPSA) is 59.1 Å². The first-order valence-corrected chi connectivity index (χ1v) is 12.4. The second-order valence-electron chi connectivity index (χ2n) is 7.83. The van der Waals surface area contributed by atoms with Crippen LogP contribution in [0.15, 0.2) is 84.9 Å². The van der Waals surface area contributed by atoms with E-state index in [1.165, 1.54) is 0 Å². The zero-order valence-electron chi connectivity index (χ0n) is 18.2. The summed E-state index contributed by atoms with van der Waals surface area (Å²) in [5, 5.41) is 3.98. The monoisotopic (exact) mass is 442 g/mol. The number of carbonyl (C=O) groups is 1. The van der Waals surface area contributed by atoms with E-state index in [0.29, 0.717) is 17.7 Å². The molecule has 0 radical (unpaired) electrons. The number of aromatic nitrogens is 1. The standard InChI is InChI=1S/C27H26N2O2S/c1-19(20-11-5-3-6-12-20)28-27(30)25-22-15-9-10-16-24(22)29-26(21-13-7-4-8-14-21)23(25)17-18-32(2)31/h3-16,19H,17-18H2,1-2H3,(H,28,30). The fraction of sp³-hybridized carbons (Fsp3) is 0.185. The number of hydrogen-bond acceptors (Lipinski definition) is 3. The Labute approximate surface area is 191 Å². The number of rotatable bonds is 7. The summed E-state index contributed by atoms with van der Waals surface area (Å²) in [6.45, 7) is 1.98. The highest BCUT2D eigenvalue weighted by molar-refractivity contribution is 7.84. The van der Waals surface area contributed by atoms with Gasteiger partial charge in [-0.1, -0.05) is 78.9 Å². The third-order valence-electron chi connectivity index (χ3n) is 5.55. The van der Waals surface area contributed by atoms with Gasteiger partial charge in [-0.25, -0.2) is 4.98 Å². The van der Waals surface area contributed by atoms with E-state index in [1.807, 2.05) is 91.9 Å². The number of amides is 1. The molecule has 0 spiro atoms. The predicted octanol–water partition coefficient (Wildman–Crippen LogP) is 5.31. The van der Waals surface area contributed by atoms with Gasteiger partial charge in [-0.3, -0.25) is 9.00 Å². The van der Waals surface area contributed by atoms with E-state index in [-0.39, 0.29) is 11.9 Å². The van der Waals surface area contributed by atoms with Crippen molar-refractivity contribution in [3.8, 4) is 11.3 Å². The molecule has 1 aromatic heterocycles. The van der Waals surface area contributed by atoms with Crippen molar-refractivity contribution < 1.29 is 9.00 Å². The lowest BCUT2D eigenvalue weighted by Gasteiger charge is -2.20. The lowest BCUT2D eigenvalue weighted by Crippen LogP contribution is -2.28. The molecule has 32 heavy (non-hydrogen) atoms. The normalized spacial score (nSPS) is 12.9. The van der Waals surface area contributed by atoms with Crippen molar-refractivity contribution in [1.29, 1.82) is 0 Å². The third kappa shape index (κ3) is 4.78. The van der Waals surface area contributed by atoms with Crippen molar-refractivity contribution >= 4 is 27.6 Å². The predicted molar refractivity (Wildman–Crippen MR) is 132 cm³/mol. The molecule has 0 fully saturated rings. The smallest absolute Gasteiger partial charge is 0.252 e. The highest BCUT2D eigenvalue weighted by atomic mass is 32.2. The molecular formula is C27H26N2O2S. The summed E-state index contributed by atoms with van der Waals surface area (Å²) in [5.74, 6) is 0.322. The average Bonchev–Trinajstić information content (AvgIpc) is 2.82. The molecule has 0 saturated heterocycles. The Morgan fingerprint density at radius 1 is 0.938 bits per heavy atom. The number of benzene rings is 3. The lowest BCUT2D eigenvalue weighted by atomic mass is 9.94. The lowest BCUT2D eigenvalue weighted by molar-refractivity contribution is 0.0940. The molecule has 5 heteroatoms. The van der Waals surface area contributed by atoms with Crippen molar-refractivity contribution in [3.05, 3.63) is 102 Å². The summed E-state index contributed by atoms with van der Waals surface area (Å²) in [7, 11) is -0.986. The van der Waals surface area contributed by atoms with Gasteiger partial charge in [0.15, 0.2) is 0 Å². The van der Waals surface area contributed by atoms with Crippen LogP contribution in [-0.4, -0.2) is 27.1 Å². The van der Waals surface area contributed by atoms with E-state index >= 15 is 0 Å². The van der Waals surface area contributed by atoms with Gasteiger partial charge < -0.3 is 5.32 Å². The summed E-state index contributed by atoms with van der Waals surface area (Å²) in [5.41, 5.74) is 4.97. The van der Waals surface area contributed by atoms with Gasteiger partial charge in [0.1, 0.15) is 0 Å². The fourth-order valence-electron chi connectivity index (χ4n) is 3.93. The molecule has 4 rings (SSSR count). The van der Waals surface area contributed by atoms with Gasteiger partial charge in [-0.15, -0.1) is 0 Å². The number of fused-ring (bicyclic) bond motifs is 1.